The number of anilines is 1. The molecule has 2 aromatic rings. The Hall–Kier alpha value is -2.35. The molecule has 0 aliphatic rings. The third-order valence-electron chi connectivity index (χ3n) is 3.16. The molecule has 26 heavy (non-hydrogen) atoms. The Balaban J connectivity index is 2.10. The number of halogens is 3. The number of amides is 1. The van der Waals surface area contributed by atoms with Crippen molar-refractivity contribution in [3.8, 4) is 0 Å². The van der Waals surface area contributed by atoms with Crippen LogP contribution in [0.1, 0.15) is 17.3 Å². The van der Waals surface area contributed by atoms with Crippen LogP contribution >= 0.6 is 34.8 Å². The predicted molar refractivity (Wildman–Crippen MR) is 98.1 cm³/mol. The van der Waals surface area contributed by atoms with Gasteiger partial charge in [-0.05, 0) is 31.2 Å². The molecule has 136 valence electrons. The zero-order valence-electron chi connectivity index (χ0n) is 13.2. The second kappa shape index (κ2) is 8.35. The number of carbonyl (C=O) groups is 2. The highest BCUT2D eigenvalue weighted by atomic mass is 35.5. The van der Waals surface area contributed by atoms with Crippen molar-refractivity contribution in [3.05, 3.63) is 67.1 Å². The second-order valence-electron chi connectivity index (χ2n) is 5.12. The largest absolute Gasteiger partial charge is 0.449 e. The Morgan fingerprint density at radius 2 is 1.73 bits per heavy atom. The zero-order chi connectivity index (χ0) is 19.4. The van der Waals surface area contributed by atoms with E-state index in [1.807, 2.05) is 0 Å². The number of hydrogen-bond acceptors (Lipinski definition) is 5. The maximum atomic E-state index is 12.2. The molecule has 0 saturated heterocycles. The number of nitro groups is 1. The number of ether oxygens (including phenoxy) is 1. The van der Waals surface area contributed by atoms with Gasteiger partial charge in [0.25, 0.3) is 11.6 Å². The van der Waals surface area contributed by atoms with E-state index in [0.29, 0.717) is 15.7 Å². The third kappa shape index (κ3) is 5.08. The van der Waals surface area contributed by atoms with Crippen LogP contribution in [0, 0.1) is 10.1 Å². The molecule has 1 amide bonds. The number of rotatable bonds is 5. The van der Waals surface area contributed by atoms with Crippen molar-refractivity contribution in [1.29, 1.82) is 0 Å². The van der Waals surface area contributed by atoms with Crippen molar-refractivity contribution >= 4 is 58.1 Å². The van der Waals surface area contributed by atoms with Crippen LogP contribution in [0.5, 0.6) is 0 Å². The van der Waals surface area contributed by atoms with E-state index in [1.54, 1.807) is 0 Å². The predicted octanol–water partition coefficient (Wildman–Crippen LogP) is 4.74. The fourth-order valence-electron chi connectivity index (χ4n) is 1.93. The summed E-state index contributed by atoms with van der Waals surface area (Å²) in [7, 11) is 0. The second-order valence-corrected chi connectivity index (χ2v) is 6.40. The quantitative estimate of drug-likeness (QED) is 0.430. The summed E-state index contributed by atoms with van der Waals surface area (Å²) in [6.07, 6.45) is -1.20. The molecule has 0 aromatic heterocycles. The van der Waals surface area contributed by atoms with Gasteiger partial charge in [-0.15, -0.1) is 0 Å². The van der Waals surface area contributed by atoms with Crippen LogP contribution in [0.25, 0.3) is 0 Å². The number of nitrogens with one attached hydrogen (secondary N) is 1. The van der Waals surface area contributed by atoms with Gasteiger partial charge in [0, 0.05) is 27.9 Å². The van der Waals surface area contributed by atoms with E-state index >= 15 is 0 Å². The number of carbonyl (C=O) groups excluding carboxylic acids is 2. The van der Waals surface area contributed by atoms with E-state index in [1.165, 1.54) is 31.2 Å². The lowest BCUT2D eigenvalue weighted by molar-refractivity contribution is -0.384. The maximum absolute atomic E-state index is 12.2. The van der Waals surface area contributed by atoms with Crippen LogP contribution in [-0.2, 0) is 9.53 Å². The van der Waals surface area contributed by atoms with Gasteiger partial charge in [0.1, 0.15) is 0 Å². The third-order valence-corrected chi connectivity index (χ3v) is 3.93. The Kier molecular flexibility index (Phi) is 6.42. The van der Waals surface area contributed by atoms with Crippen LogP contribution in [0.2, 0.25) is 15.1 Å². The molecule has 0 aliphatic carbocycles. The molecular weight excluding hydrogens is 407 g/mol. The molecule has 0 aliphatic heterocycles. The summed E-state index contributed by atoms with van der Waals surface area (Å²) >= 11 is 17.6. The maximum Gasteiger partial charge on any atom is 0.340 e. The fraction of sp³-hybridized carbons (Fsp3) is 0.125. The fourth-order valence-corrected chi connectivity index (χ4v) is 2.65. The molecule has 2 aromatic carbocycles. The highest BCUT2D eigenvalue weighted by molar-refractivity contribution is 6.35. The Bertz CT molecular complexity index is 868. The molecule has 1 unspecified atom stereocenters. The van der Waals surface area contributed by atoms with Crippen molar-refractivity contribution < 1.29 is 19.2 Å². The average molecular weight is 418 g/mol. The molecule has 0 spiro atoms. The van der Waals surface area contributed by atoms with E-state index in [0.717, 1.165) is 12.1 Å². The summed E-state index contributed by atoms with van der Waals surface area (Å²) < 4.78 is 5.02. The van der Waals surface area contributed by atoms with Crippen LogP contribution in [0.15, 0.2) is 36.4 Å². The lowest BCUT2D eigenvalue weighted by Gasteiger charge is -2.14. The molecular formula is C16H11Cl3N2O5. The summed E-state index contributed by atoms with van der Waals surface area (Å²) in [5.74, 6) is -1.61. The van der Waals surface area contributed by atoms with Gasteiger partial charge in [0.15, 0.2) is 6.10 Å². The van der Waals surface area contributed by atoms with Gasteiger partial charge in [-0.1, -0.05) is 34.8 Å². The number of nitrogens with zero attached hydrogens (tertiary/aromatic N) is 1. The first kappa shape index (κ1) is 20.0. The molecule has 0 saturated carbocycles. The smallest absolute Gasteiger partial charge is 0.340 e. The lowest BCUT2D eigenvalue weighted by Crippen LogP contribution is -2.30. The number of nitro benzene ring substituents is 1. The molecule has 0 heterocycles. The van der Waals surface area contributed by atoms with Crippen LogP contribution in [0.4, 0.5) is 11.4 Å². The first-order valence-electron chi connectivity index (χ1n) is 7.09. The minimum atomic E-state index is -1.20. The zero-order valence-corrected chi connectivity index (χ0v) is 15.4. The lowest BCUT2D eigenvalue weighted by atomic mass is 10.2. The normalized spacial score (nSPS) is 11.5. The van der Waals surface area contributed by atoms with Crippen LogP contribution in [-0.4, -0.2) is 22.9 Å². The summed E-state index contributed by atoms with van der Waals surface area (Å²) in [6.45, 7) is 1.34. The Labute approximate surface area is 162 Å². The van der Waals surface area contributed by atoms with Crippen molar-refractivity contribution in [3.63, 3.8) is 0 Å². The minimum Gasteiger partial charge on any atom is -0.449 e. The first-order chi connectivity index (χ1) is 12.2. The van der Waals surface area contributed by atoms with E-state index in [-0.39, 0.29) is 16.3 Å². The summed E-state index contributed by atoms with van der Waals surface area (Å²) in [5.41, 5.74) is -0.220. The number of hydrogen-bond donors (Lipinski definition) is 1. The topological polar surface area (TPSA) is 98.5 Å². The standard InChI is InChI=1S/C16H11Cl3N2O5/c1-8(15(22)20-11-5-9(17)4-10(18)6-11)26-16(23)13-7-12(21(24)25)2-3-14(13)19/h2-8H,1H3,(H,20,22). The van der Waals surface area contributed by atoms with Gasteiger partial charge in [-0.25, -0.2) is 4.79 Å². The molecule has 1 atom stereocenters. The van der Waals surface area contributed by atoms with Crippen molar-refractivity contribution in [1.82, 2.24) is 0 Å². The number of benzene rings is 2. The van der Waals surface area contributed by atoms with Gasteiger partial charge in [-0.2, -0.15) is 0 Å². The summed E-state index contributed by atoms with van der Waals surface area (Å²) in [6, 6.07) is 7.76. The minimum absolute atomic E-state index is 0.0326. The van der Waals surface area contributed by atoms with E-state index in [2.05, 4.69) is 5.32 Å². The van der Waals surface area contributed by atoms with Crippen molar-refractivity contribution in [2.75, 3.05) is 5.32 Å². The highest BCUT2D eigenvalue weighted by Crippen LogP contribution is 2.24. The van der Waals surface area contributed by atoms with Gasteiger partial charge < -0.3 is 10.1 Å². The monoisotopic (exact) mass is 416 g/mol. The molecule has 0 bridgehead atoms. The van der Waals surface area contributed by atoms with Gasteiger partial charge in [0.05, 0.1) is 15.5 Å². The number of non-ortho nitro benzene ring substituents is 1. The van der Waals surface area contributed by atoms with Crippen LogP contribution in [0.3, 0.4) is 0 Å². The van der Waals surface area contributed by atoms with Gasteiger partial charge in [-0.3, -0.25) is 14.9 Å². The molecule has 10 heteroatoms. The highest BCUT2D eigenvalue weighted by Gasteiger charge is 2.23. The Morgan fingerprint density at radius 3 is 2.31 bits per heavy atom. The molecule has 7 nitrogen and oxygen atoms in total. The van der Waals surface area contributed by atoms with Crippen molar-refractivity contribution in [2.45, 2.75) is 13.0 Å². The first-order valence-corrected chi connectivity index (χ1v) is 8.22. The van der Waals surface area contributed by atoms with Gasteiger partial charge in [0.2, 0.25) is 0 Å². The van der Waals surface area contributed by atoms with E-state index in [9.17, 15) is 19.7 Å². The van der Waals surface area contributed by atoms with Crippen LogP contribution < -0.4 is 5.32 Å². The molecule has 1 N–H and O–H groups in total. The number of esters is 1. The average Bonchev–Trinajstić information content (AvgIpc) is 2.53. The summed E-state index contributed by atoms with van der Waals surface area (Å²) in [5, 5.41) is 13.9. The molecule has 0 radical (unpaired) electrons. The SMILES string of the molecule is CC(OC(=O)c1cc([N+](=O)[O-])ccc1Cl)C(=O)Nc1cc(Cl)cc(Cl)c1. The molecule has 2 rings (SSSR count). The summed E-state index contributed by atoms with van der Waals surface area (Å²) in [4.78, 5) is 34.4. The van der Waals surface area contributed by atoms with Crippen molar-refractivity contribution in [2.24, 2.45) is 0 Å². The molecule has 0 fully saturated rings. The van der Waals surface area contributed by atoms with E-state index < -0.39 is 22.9 Å². The van der Waals surface area contributed by atoms with Gasteiger partial charge >= 0.3 is 5.97 Å². The van der Waals surface area contributed by atoms with E-state index in [4.69, 9.17) is 39.5 Å². The Morgan fingerprint density at radius 1 is 1.12 bits per heavy atom.